The molecule has 0 atom stereocenters. The van der Waals surface area contributed by atoms with Gasteiger partial charge in [0.25, 0.3) is 0 Å². The molecule has 0 N–H and O–H groups in total. The van der Waals surface area contributed by atoms with Crippen molar-refractivity contribution in [2.45, 2.75) is 27.2 Å². The highest BCUT2D eigenvalue weighted by molar-refractivity contribution is 5.78. The molecule has 18 heavy (non-hydrogen) atoms. The second kappa shape index (κ2) is 7.04. The Morgan fingerprint density at radius 1 is 1.28 bits per heavy atom. The van der Waals surface area contributed by atoms with Crippen molar-refractivity contribution in [3.05, 3.63) is 29.8 Å². The van der Waals surface area contributed by atoms with Crippen molar-refractivity contribution in [3.8, 4) is 5.75 Å². The molecule has 3 heteroatoms. The summed E-state index contributed by atoms with van der Waals surface area (Å²) in [6.07, 6.45) is 0.454. The summed E-state index contributed by atoms with van der Waals surface area (Å²) in [4.78, 5) is 13.7. The van der Waals surface area contributed by atoms with Gasteiger partial charge in [-0.25, -0.2) is 0 Å². The summed E-state index contributed by atoms with van der Waals surface area (Å²) in [6, 6.07) is 7.72. The van der Waals surface area contributed by atoms with Crippen molar-refractivity contribution in [1.29, 1.82) is 0 Å². The van der Waals surface area contributed by atoms with Gasteiger partial charge in [-0.05, 0) is 30.5 Å². The second-order valence-corrected chi connectivity index (χ2v) is 4.92. The molecule has 0 spiro atoms. The highest BCUT2D eigenvalue weighted by atomic mass is 16.5. The number of nitrogens with zero attached hydrogens (tertiary/aromatic N) is 1. The van der Waals surface area contributed by atoms with Gasteiger partial charge in [-0.1, -0.05) is 26.0 Å². The van der Waals surface area contributed by atoms with Crippen molar-refractivity contribution in [3.63, 3.8) is 0 Å². The third kappa shape index (κ3) is 4.78. The number of amides is 1. The van der Waals surface area contributed by atoms with Gasteiger partial charge in [-0.3, -0.25) is 4.79 Å². The maximum absolute atomic E-state index is 12.0. The highest BCUT2D eigenvalue weighted by Gasteiger charge is 2.10. The number of hydrogen-bond acceptors (Lipinski definition) is 2. The van der Waals surface area contributed by atoms with Crippen LogP contribution in [-0.2, 0) is 11.2 Å². The molecule has 3 nitrogen and oxygen atoms in total. The summed E-state index contributed by atoms with van der Waals surface area (Å²) < 4.78 is 5.37. The summed E-state index contributed by atoms with van der Waals surface area (Å²) in [7, 11) is 1.86. The third-order valence-electron chi connectivity index (χ3n) is 2.65. The number of likely N-dealkylation sites (N-methyl/N-ethyl adjacent to an activating group) is 1. The normalized spacial score (nSPS) is 10.5. The van der Waals surface area contributed by atoms with Crippen molar-refractivity contribution in [2.24, 2.45) is 5.92 Å². The van der Waals surface area contributed by atoms with Crippen LogP contribution in [0.4, 0.5) is 0 Å². The van der Waals surface area contributed by atoms with Crippen LogP contribution in [0.3, 0.4) is 0 Å². The van der Waals surface area contributed by atoms with Gasteiger partial charge in [0.2, 0.25) is 5.91 Å². The number of hydrogen-bond donors (Lipinski definition) is 0. The summed E-state index contributed by atoms with van der Waals surface area (Å²) in [5.41, 5.74) is 1.03. The van der Waals surface area contributed by atoms with Crippen LogP contribution < -0.4 is 4.74 Å². The van der Waals surface area contributed by atoms with Gasteiger partial charge < -0.3 is 9.64 Å². The predicted molar refractivity (Wildman–Crippen MR) is 73.8 cm³/mol. The van der Waals surface area contributed by atoms with Crippen LogP contribution in [-0.4, -0.2) is 31.0 Å². The Labute approximate surface area is 110 Å². The number of ether oxygens (including phenoxy) is 1. The van der Waals surface area contributed by atoms with E-state index in [0.717, 1.165) is 17.9 Å². The van der Waals surface area contributed by atoms with E-state index < -0.39 is 0 Å². The molecule has 0 aliphatic rings. The molecule has 0 bridgehead atoms. The first-order valence-electron chi connectivity index (χ1n) is 6.48. The minimum Gasteiger partial charge on any atom is -0.494 e. The molecule has 1 rings (SSSR count). The van der Waals surface area contributed by atoms with Gasteiger partial charge in [0.05, 0.1) is 13.0 Å². The number of benzene rings is 1. The number of carbonyl (C=O) groups is 1. The van der Waals surface area contributed by atoms with Crippen molar-refractivity contribution in [1.82, 2.24) is 4.90 Å². The zero-order valence-electron chi connectivity index (χ0n) is 11.8. The molecule has 1 aromatic rings. The quantitative estimate of drug-likeness (QED) is 0.776. The lowest BCUT2D eigenvalue weighted by atomic mass is 10.1. The fourth-order valence-corrected chi connectivity index (χ4v) is 1.83. The van der Waals surface area contributed by atoms with Crippen LogP contribution in [0.5, 0.6) is 5.75 Å². The smallest absolute Gasteiger partial charge is 0.226 e. The second-order valence-electron chi connectivity index (χ2n) is 4.92. The molecule has 0 unspecified atom stereocenters. The Kier molecular flexibility index (Phi) is 5.69. The molecule has 0 heterocycles. The summed E-state index contributed by atoms with van der Waals surface area (Å²) in [5.74, 6) is 1.51. The first-order valence-corrected chi connectivity index (χ1v) is 6.48. The van der Waals surface area contributed by atoms with E-state index in [0.29, 0.717) is 18.9 Å². The average molecular weight is 249 g/mol. The van der Waals surface area contributed by atoms with Crippen LogP contribution in [0.25, 0.3) is 0 Å². The molecule has 1 amide bonds. The highest BCUT2D eigenvalue weighted by Crippen LogP contribution is 2.13. The Balaban J connectivity index is 2.53. The molecular formula is C15H23NO2. The topological polar surface area (TPSA) is 29.5 Å². The Hall–Kier alpha value is -1.51. The summed E-state index contributed by atoms with van der Waals surface area (Å²) in [6.45, 7) is 7.64. The first-order chi connectivity index (χ1) is 8.52. The van der Waals surface area contributed by atoms with E-state index in [1.807, 2.05) is 38.2 Å². The molecule has 0 saturated heterocycles. The zero-order chi connectivity index (χ0) is 13.5. The van der Waals surface area contributed by atoms with Gasteiger partial charge in [0, 0.05) is 13.6 Å². The molecule has 0 aromatic heterocycles. The number of rotatable bonds is 6. The Morgan fingerprint density at radius 3 is 2.39 bits per heavy atom. The van der Waals surface area contributed by atoms with Gasteiger partial charge in [0.15, 0.2) is 0 Å². The summed E-state index contributed by atoms with van der Waals surface area (Å²) in [5, 5.41) is 0. The van der Waals surface area contributed by atoms with Crippen LogP contribution in [0.1, 0.15) is 26.3 Å². The van der Waals surface area contributed by atoms with E-state index >= 15 is 0 Å². The fourth-order valence-electron chi connectivity index (χ4n) is 1.83. The van der Waals surface area contributed by atoms with E-state index in [9.17, 15) is 4.79 Å². The van der Waals surface area contributed by atoms with Gasteiger partial charge >= 0.3 is 0 Å². The molecule has 0 aliphatic heterocycles. The molecule has 100 valence electrons. The summed E-state index contributed by atoms with van der Waals surface area (Å²) >= 11 is 0. The van der Waals surface area contributed by atoms with Crippen molar-refractivity contribution >= 4 is 5.91 Å². The van der Waals surface area contributed by atoms with Gasteiger partial charge in [-0.15, -0.1) is 0 Å². The average Bonchev–Trinajstić information content (AvgIpc) is 2.31. The monoisotopic (exact) mass is 249 g/mol. The SMILES string of the molecule is CCOc1ccc(CC(=O)N(C)CC(C)C)cc1. The molecule has 0 saturated carbocycles. The van der Waals surface area contributed by atoms with Crippen LogP contribution in [0, 0.1) is 5.92 Å². The van der Waals surface area contributed by atoms with Crippen LogP contribution in [0.15, 0.2) is 24.3 Å². The standard InChI is InChI=1S/C15H23NO2/c1-5-18-14-8-6-13(7-9-14)10-15(17)16(4)11-12(2)3/h6-9,12H,5,10-11H2,1-4H3. The van der Waals surface area contributed by atoms with Crippen molar-refractivity contribution < 1.29 is 9.53 Å². The van der Waals surface area contributed by atoms with Crippen LogP contribution in [0.2, 0.25) is 0 Å². The molecular weight excluding hydrogens is 226 g/mol. The predicted octanol–water partition coefficient (Wildman–Crippen LogP) is 2.74. The number of carbonyl (C=O) groups excluding carboxylic acids is 1. The first kappa shape index (κ1) is 14.6. The molecule has 0 radical (unpaired) electrons. The van der Waals surface area contributed by atoms with E-state index in [1.165, 1.54) is 0 Å². The molecule has 0 aliphatic carbocycles. The van der Waals surface area contributed by atoms with E-state index in [2.05, 4.69) is 13.8 Å². The lowest BCUT2D eigenvalue weighted by molar-refractivity contribution is -0.129. The lowest BCUT2D eigenvalue weighted by Crippen LogP contribution is -2.31. The van der Waals surface area contributed by atoms with E-state index in [4.69, 9.17) is 4.74 Å². The fraction of sp³-hybridized carbons (Fsp3) is 0.533. The molecule has 1 aromatic carbocycles. The van der Waals surface area contributed by atoms with Gasteiger partial charge in [-0.2, -0.15) is 0 Å². The largest absolute Gasteiger partial charge is 0.494 e. The minimum atomic E-state index is 0.160. The van der Waals surface area contributed by atoms with E-state index in [1.54, 1.807) is 4.90 Å². The minimum absolute atomic E-state index is 0.160. The third-order valence-corrected chi connectivity index (χ3v) is 2.65. The van der Waals surface area contributed by atoms with Crippen molar-refractivity contribution in [2.75, 3.05) is 20.2 Å². The van der Waals surface area contributed by atoms with Crippen LogP contribution >= 0.6 is 0 Å². The maximum Gasteiger partial charge on any atom is 0.226 e. The maximum atomic E-state index is 12.0. The zero-order valence-corrected chi connectivity index (χ0v) is 11.8. The Morgan fingerprint density at radius 2 is 1.89 bits per heavy atom. The Bertz CT molecular complexity index is 371. The lowest BCUT2D eigenvalue weighted by Gasteiger charge is -2.19. The molecule has 0 fully saturated rings. The van der Waals surface area contributed by atoms with E-state index in [-0.39, 0.29) is 5.91 Å². The van der Waals surface area contributed by atoms with Gasteiger partial charge in [0.1, 0.15) is 5.75 Å².